The molecule has 218 valence electrons. The number of carbonyl (C=O) groups is 3. The summed E-state index contributed by atoms with van der Waals surface area (Å²) in [5.41, 5.74) is -0.668. The van der Waals surface area contributed by atoms with Gasteiger partial charge in [0.1, 0.15) is 40.2 Å². The summed E-state index contributed by atoms with van der Waals surface area (Å²) in [7, 11) is 0. The van der Waals surface area contributed by atoms with E-state index >= 15 is 4.39 Å². The smallest absolute Gasteiger partial charge is 0.261 e. The van der Waals surface area contributed by atoms with Gasteiger partial charge in [-0.2, -0.15) is 0 Å². The van der Waals surface area contributed by atoms with Crippen LogP contribution < -0.4 is 10.1 Å². The molecule has 1 aromatic carbocycles. The van der Waals surface area contributed by atoms with Crippen molar-refractivity contribution >= 4 is 40.7 Å². The highest BCUT2D eigenvalue weighted by Crippen LogP contribution is 2.45. The fraction of sp³-hybridized carbons (Fsp3) is 0.448. The first-order valence-electron chi connectivity index (χ1n) is 13.5. The number of aromatic nitrogens is 1. The lowest BCUT2D eigenvalue weighted by atomic mass is 9.82. The summed E-state index contributed by atoms with van der Waals surface area (Å²) in [5.74, 6) is -1.79. The zero-order chi connectivity index (χ0) is 30.0. The van der Waals surface area contributed by atoms with Crippen LogP contribution in [0.2, 0.25) is 5.02 Å². The van der Waals surface area contributed by atoms with Gasteiger partial charge in [-0.25, -0.2) is 9.37 Å². The SMILES string of the molecule is C=CC(=O)N1CCN2C(=O)c3c(NCC(=O)C(C(C)C)C(C)C)nc(-c4c(F)cccc4N=O)c(Cl)c3OC[C@H]2C1. The molecule has 0 aliphatic carbocycles. The van der Waals surface area contributed by atoms with Crippen LogP contribution in [-0.4, -0.2) is 71.2 Å². The summed E-state index contributed by atoms with van der Waals surface area (Å²) >= 11 is 6.73. The summed E-state index contributed by atoms with van der Waals surface area (Å²) in [6.45, 7) is 11.9. The fourth-order valence-corrected chi connectivity index (χ4v) is 6.00. The van der Waals surface area contributed by atoms with E-state index in [9.17, 15) is 19.3 Å². The number of nitrogens with one attached hydrogen (secondary N) is 1. The van der Waals surface area contributed by atoms with Gasteiger partial charge in [-0.05, 0) is 35.2 Å². The van der Waals surface area contributed by atoms with Crippen LogP contribution in [-0.2, 0) is 9.59 Å². The van der Waals surface area contributed by atoms with Crippen molar-refractivity contribution in [3.8, 4) is 17.0 Å². The van der Waals surface area contributed by atoms with Gasteiger partial charge in [-0.1, -0.05) is 51.9 Å². The molecular formula is C29H33ClFN5O5. The number of amides is 2. The highest BCUT2D eigenvalue weighted by atomic mass is 35.5. The molecule has 1 N–H and O–H groups in total. The van der Waals surface area contributed by atoms with Gasteiger partial charge in [0, 0.05) is 25.6 Å². The quantitative estimate of drug-likeness (QED) is 0.322. The first-order valence-corrected chi connectivity index (χ1v) is 13.8. The Bertz CT molecular complexity index is 1390. The molecule has 1 aromatic heterocycles. The van der Waals surface area contributed by atoms with Gasteiger partial charge in [-0.3, -0.25) is 14.4 Å². The van der Waals surface area contributed by atoms with Gasteiger partial charge in [0.05, 0.1) is 18.2 Å². The van der Waals surface area contributed by atoms with Crippen molar-refractivity contribution in [3.05, 3.63) is 52.2 Å². The number of anilines is 1. The lowest BCUT2D eigenvalue weighted by molar-refractivity contribution is -0.128. The largest absolute Gasteiger partial charge is 0.489 e. The Morgan fingerprint density at radius 1 is 1.24 bits per heavy atom. The van der Waals surface area contributed by atoms with Crippen LogP contribution in [0.15, 0.2) is 36.0 Å². The Kier molecular flexibility index (Phi) is 9.06. The first-order chi connectivity index (χ1) is 19.5. The van der Waals surface area contributed by atoms with Gasteiger partial charge in [0.15, 0.2) is 11.5 Å². The normalized spacial score (nSPS) is 16.7. The maximum atomic E-state index is 15.1. The molecule has 10 nitrogen and oxygen atoms in total. The molecule has 0 radical (unpaired) electrons. The van der Waals surface area contributed by atoms with Gasteiger partial charge in [0.25, 0.3) is 5.91 Å². The van der Waals surface area contributed by atoms with Crippen molar-refractivity contribution < 1.29 is 23.5 Å². The molecule has 41 heavy (non-hydrogen) atoms. The lowest BCUT2D eigenvalue weighted by Gasteiger charge is -2.39. The summed E-state index contributed by atoms with van der Waals surface area (Å²) in [5, 5.41) is 5.74. The van der Waals surface area contributed by atoms with E-state index in [2.05, 4.69) is 22.1 Å². The zero-order valence-electron chi connectivity index (χ0n) is 23.4. The van der Waals surface area contributed by atoms with Crippen molar-refractivity contribution in [1.82, 2.24) is 14.8 Å². The van der Waals surface area contributed by atoms with Crippen LogP contribution in [0, 0.1) is 28.5 Å². The number of nitrogens with zero attached hydrogens (tertiary/aromatic N) is 4. The third kappa shape index (κ3) is 5.81. The number of hydrogen-bond acceptors (Lipinski definition) is 8. The molecule has 2 amide bonds. The highest BCUT2D eigenvalue weighted by Gasteiger charge is 2.40. The number of nitroso groups, excluding NO2 is 1. The van der Waals surface area contributed by atoms with Crippen LogP contribution in [0.4, 0.5) is 15.9 Å². The van der Waals surface area contributed by atoms with E-state index in [1.165, 1.54) is 18.2 Å². The van der Waals surface area contributed by atoms with E-state index in [4.69, 9.17) is 16.3 Å². The maximum absolute atomic E-state index is 15.1. The number of pyridine rings is 1. The third-order valence-corrected chi connectivity index (χ3v) is 7.87. The summed E-state index contributed by atoms with van der Waals surface area (Å²) < 4.78 is 21.2. The molecule has 1 saturated heterocycles. The number of halogens is 2. The minimum atomic E-state index is -0.797. The average molecular weight is 586 g/mol. The number of carbonyl (C=O) groups excluding carboxylic acids is 3. The molecule has 0 unspecified atom stereocenters. The Labute approximate surface area is 242 Å². The van der Waals surface area contributed by atoms with Crippen molar-refractivity contribution in [2.24, 2.45) is 22.9 Å². The van der Waals surface area contributed by atoms with Gasteiger partial charge in [0.2, 0.25) is 5.91 Å². The van der Waals surface area contributed by atoms with E-state index < -0.39 is 17.8 Å². The van der Waals surface area contributed by atoms with Crippen molar-refractivity contribution in [1.29, 1.82) is 0 Å². The average Bonchev–Trinajstić information content (AvgIpc) is 3.08. The van der Waals surface area contributed by atoms with E-state index in [1.54, 1.807) is 9.80 Å². The molecule has 2 aromatic rings. The fourth-order valence-electron chi connectivity index (χ4n) is 5.71. The van der Waals surface area contributed by atoms with E-state index in [-0.39, 0.29) is 101 Å². The monoisotopic (exact) mass is 585 g/mol. The zero-order valence-corrected chi connectivity index (χ0v) is 24.2. The topological polar surface area (TPSA) is 121 Å². The standard InChI is InChI=1S/C29H33ClFN5O5/c1-6-21(38)35-10-11-36-17(13-35)14-41-27-24(29(36)39)28(32-12-20(37)22(15(2)3)16(4)5)33-26(25(27)30)23-18(31)8-7-9-19(23)34-40/h6-9,15-17,22H,1,10-14H2,2-5H3,(H,32,33)/t17-/m1/s1. The van der Waals surface area contributed by atoms with Crippen LogP contribution in [0.1, 0.15) is 38.1 Å². The predicted octanol–water partition coefficient (Wildman–Crippen LogP) is 5.08. The van der Waals surface area contributed by atoms with E-state index in [1.807, 2.05) is 27.7 Å². The summed E-state index contributed by atoms with van der Waals surface area (Å²) in [6, 6.07) is 3.28. The maximum Gasteiger partial charge on any atom is 0.261 e. The molecule has 3 heterocycles. The van der Waals surface area contributed by atoms with Crippen molar-refractivity contribution in [3.63, 3.8) is 0 Å². The van der Waals surface area contributed by atoms with Crippen molar-refractivity contribution in [2.45, 2.75) is 33.7 Å². The Balaban J connectivity index is 1.83. The molecule has 0 saturated carbocycles. The number of benzene rings is 1. The minimum Gasteiger partial charge on any atom is -0.489 e. The number of hydrogen-bond donors (Lipinski definition) is 1. The summed E-state index contributed by atoms with van der Waals surface area (Å²) in [6.07, 6.45) is 1.21. The second kappa shape index (κ2) is 12.3. The first kappa shape index (κ1) is 30.1. The number of piperazine rings is 1. The van der Waals surface area contributed by atoms with E-state index in [0.717, 1.165) is 6.07 Å². The van der Waals surface area contributed by atoms with Gasteiger partial charge < -0.3 is 19.9 Å². The highest BCUT2D eigenvalue weighted by molar-refractivity contribution is 6.35. The van der Waals surface area contributed by atoms with Crippen LogP contribution in [0.5, 0.6) is 5.75 Å². The minimum absolute atomic E-state index is 0.0138. The molecule has 0 bridgehead atoms. The number of ketones is 1. The van der Waals surface area contributed by atoms with Crippen LogP contribution in [0.25, 0.3) is 11.3 Å². The van der Waals surface area contributed by atoms with Crippen LogP contribution in [0.3, 0.4) is 0 Å². The predicted molar refractivity (Wildman–Crippen MR) is 154 cm³/mol. The number of Topliss-reactive ketones (excluding diaryl/α,β-unsaturated/α-hetero) is 1. The molecule has 1 atom stereocenters. The summed E-state index contributed by atoms with van der Waals surface area (Å²) in [4.78, 5) is 58.7. The molecule has 2 aliphatic heterocycles. The molecule has 12 heteroatoms. The Morgan fingerprint density at radius 2 is 1.95 bits per heavy atom. The molecule has 4 rings (SSSR count). The third-order valence-electron chi connectivity index (χ3n) is 7.52. The number of ether oxygens (including phenoxy) is 1. The molecule has 0 spiro atoms. The molecular weight excluding hydrogens is 553 g/mol. The Morgan fingerprint density at radius 3 is 2.59 bits per heavy atom. The van der Waals surface area contributed by atoms with Gasteiger partial charge >= 0.3 is 0 Å². The van der Waals surface area contributed by atoms with Gasteiger partial charge in [-0.15, -0.1) is 4.91 Å². The molecule has 2 aliphatic rings. The lowest BCUT2D eigenvalue weighted by Crippen LogP contribution is -2.57. The number of rotatable bonds is 9. The van der Waals surface area contributed by atoms with Crippen LogP contribution >= 0.6 is 11.6 Å². The second-order valence-corrected chi connectivity index (χ2v) is 11.2. The second-order valence-electron chi connectivity index (χ2n) is 10.8. The van der Waals surface area contributed by atoms with E-state index in [0.29, 0.717) is 0 Å². The van der Waals surface area contributed by atoms with Crippen molar-refractivity contribution in [2.75, 3.05) is 38.1 Å². The number of fused-ring (bicyclic) bond motifs is 2. The molecule has 1 fully saturated rings. The Hall–Kier alpha value is -3.86.